The molecule has 9 nitrogen and oxygen atoms in total. The van der Waals surface area contributed by atoms with Crippen LogP contribution >= 0.6 is 0 Å². The molecule has 1 amide bonds. The number of carbonyl (C=O) groups is 2. The lowest BCUT2D eigenvalue weighted by Gasteiger charge is -2.32. The van der Waals surface area contributed by atoms with E-state index in [0.29, 0.717) is 12.2 Å². The van der Waals surface area contributed by atoms with Gasteiger partial charge in [-0.25, -0.2) is 0 Å². The van der Waals surface area contributed by atoms with Gasteiger partial charge >= 0.3 is 5.97 Å². The molecule has 0 spiro atoms. The number of rotatable bonds is 10. The van der Waals surface area contributed by atoms with Gasteiger partial charge < -0.3 is 20.1 Å². The highest BCUT2D eigenvalue weighted by Gasteiger charge is 2.22. The molecule has 2 aromatic rings. The van der Waals surface area contributed by atoms with Gasteiger partial charge in [-0.3, -0.25) is 25.1 Å². The van der Waals surface area contributed by atoms with Crippen molar-refractivity contribution in [2.45, 2.75) is 51.9 Å². The van der Waals surface area contributed by atoms with Gasteiger partial charge in [-0.15, -0.1) is 0 Å². The quantitative estimate of drug-likeness (QED) is 0.343. The first-order chi connectivity index (χ1) is 18.6. The fourth-order valence-electron chi connectivity index (χ4n) is 4.88. The normalized spacial score (nSPS) is 21.8. The van der Waals surface area contributed by atoms with Gasteiger partial charge in [-0.05, 0) is 81.6 Å². The van der Waals surface area contributed by atoms with Gasteiger partial charge in [0.1, 0.15) is 30.8 Å². The first-order valence-electron chi connectivity index (χ1n) is 13.9. The maximum Gasteiger partial charge on any atom is 0.325 e. The Balaban J connectivity index is 1.16. The highest BCUT2D eigenvalue weighted by Crippen LogP contribution is 2.20. The first-order valence-corrected chi connectivity index (χ1v) is 13.9. The second-order valence-corrected chi connectivity index (χ2v) is 11.5. The molecule has 1 unspecified atom stereocenters. The SMILES string of the molecule is CC1CCN(CCOc2ccc(NC3NCC(c4ccc(C(=O)NCC(=O)OC(C)(C)C)cc4)CN3)cc2)C1. The number of esters is 1. The smallest absolute Gasteiger partial charge is 0.325 e. The number of hydrogen-bond acceptors (Lipinski definition) is 8. The summed E-state index contributed by atoms with van der Waals surface area (Å²) in [6.07, 6.45) is 1.25. The van der Waals surface area contributed by atoms with Gasteiger partial charge in [-0.1, -0.05) is 19.1 Å². The van der Waals surface area contributed by atoms with Crippen LogP contribution in [0.5, 0.6) is 5.75 Å². The summed E-state index contributed by atoms with van der Waals surface area (Å²) in [6.45, 7) is 13.2. The summed E-state index contributed by atoms with van der Waals surface area (Å²) < 4.78 is 11.2. The van der Waals surface area contributed by atoms with E-state index in [2.05, 4.69) is 33.1 Å². The molecule has 2 fully saturated rings. The van der Waals surface area contributed by atoms with Gasteiger partial charge in [0, 0.05) is 43.3 Å². The molecule has 4 N–H and O–H groups in total. The largest absolute Gasteiger partial charge is 0.492 e. The van der Waals surface area contributed by atoms with Crippen molar-refractivity contribution < 1.29 is 19.1 Å². The van der Waals surface area contributed by atoms with Crippen molar-refractivity contribution in [1.82, 2.24) is 20.9 Å². The number of amides is 1. The fraction of sp³-hybridized carbons (Fsp3) is 0.533. The van der Waals surface area contributed by atoms with Crippen molar-refractivity contribution in [1.29, 1.82) is 0 Å². The number of benzene rings is 2. The molecule has 2 aliphatic heterocycles. The average Bonchev–Trinajstić information content (AvgIpc) is 3.32. The number of likely N-dealkylation sites (tertiary alicyclic amines) is 1. The minimum Gasteiger partial charge on any atom is -0.492 e. The zero-order valence-corrected chi connectivity index (χ0v) is 23.6. The standard InChI is InChI=1S/C30H43N5O4/c1-21-13-14-35(20-21)15-16-38-26-11-9-25(10-12-26)34-29-32-17-24(18-33-29)22-5-7-23(8-6-22)28(37)31-19-27(36)39-30(2,3)4/h5-12,21,24,29,32-34H,13-20H2,1-4H3,(H,31,37). The van der Waals surface area contributed by atoms with Crippen molar-refractivity contribution in [3.63, 3.8) is 0 Å². The summed E-state index contributed by atoms with van der Waals surface area (Å²) >= 11 is 0. The summed E-state index contributed by atoms with van der Waals surface area (Å²) in [5.74, 6) is 1.21. The molecule has 0 aromatic heterocycles. The monoisotopic (exact) mass is 537 g/mol. The molecule has 2 aromatic carbocycles. The predicted octanol–water partition coefficient (Wildman–Crippen LogP) is 3.15. The van der Waals surface area contributed by atoms with Crippen LogP contribution in [0.1, 0.15) is 56.0 Å². The Labute approximate surface area is 232 Å². The van der Waals surface area contributed by atoms with Crippen molar-refractivity contribution >= 4 is 17.6 Å². The summed E-state index contributed by atoms with van der Waals surface area (Å²) in [4.78, 5) is 26.7. The topological polar surface area (TPSA) is 104 Å². The molecule has 0 saturated carbocycles. The van der Waals surface area contributed by atoms with E-state index in [1.54, 1.807) is 32.9 Å². The van der Waals surface area contributed by atoms with Crippen molar-refractivity contribution in [3.8, 4) is 5.75 Å². The minimum atomic E-state index is -0.578. The van der Waals surface area contributed by atoms with Gasteiger partial charge in [0.05, 0.1) is 0 Å². The van der Waals surface area contributed by atoms with E-state index in [4.69, 9.17) is 9.47 Å². The second-order valence-electron chi connectivity index (χ2n) is 11.5. The highest BCUT2D eigenvalue weighted by atomic mass is 16.6. The summed E-state index contributed by atoms with van der Waals surface area (Å²) in [6, 6.07) is 15.6. The number of carbonyl (C=O) groups excluding carboxylic acids is 2. The predicted molar refractivity (Wildman–Crippen MR) is 153 cm³/mol. The Hall–Kier alpha value is -3.14. The maximum atomic E-state index is 12.4. The van der Waals surface area contributed by atoms with Crippen LogP contribution in [-0.4, -0.2) is 74.5 Å². The molecule has 0 aliphatic carbocycles. The molecule has 39 heavy (non-hydrogen) atoms. The van der Waals surface area contributed by atoms with E-state index in [-0.39, 0.29) is 24.7 Å². The minimum absolute atomic E-state index is 0.0388. The average molecular weight is 538 g/mol. The molecule has 2 aliphatic rings. The number of nitrogens with one attached hydrogen (secondary N) is 4. The molecular weight excluding hydrogens is 494 g/mol. The van der Waals surface area contributed by atoms with Crippen LogP contribution in [0, 0.1) is 5.92 Å². The number of hydrogen-bond donors (Lipinski definition) is 4. The van der Waals surface area contributed by atoms with Crippen molar-refractivity contribution in [2.75, 3.05) is 51.2 Å². The molecule has 2 saturated heterocycles. The summed E-state index contributed by atoms with van der Waals surface area (Å²) in [5.41, 5.74) is 2.09. The number of nitrogens with zero attached hydrogens (tertiary/aromatic N) is 1. The molecular formula is C30H43N5O4. The van der Waals surface area contributed by atoms with Crippen LogP contribution in [0.2, 0.25) is 0 Å². The molecule has 212 valence electrons. The lowest BCUT2D eigenvalue weighted by molar-refractivity contribution is -0.153. The molecule has 1 atom stereocenters. The van der Waals surface area contributed by atoms with Crippen LogP contribution in [-0.2, 0) is 9.53 Å². The van der Waals surface area contributed by atoms with Crippen LogP contribution in [0.15, 0.2) is 48.5 Å². The zero-order valence-electron chi connectivity index (χ0n) is 23.6. The Bertz CT molecular complexity index is 1080. The van der Waals surface area contributed by atoms with E-state index in [1.165, 1.54) is 19.5 Å². The number of anilines is 1. The lowest BCUT2D eigenvalue weighted by Crippen LogP contribution is -2.55. The van der Waals surface area contributed by atoms with E-state index < -0.39 is 11.6 Å². The van der Waals surface area contributed by atoms with Gasteiger partial charge in [0.2, 0.25) is 0 Å². The molecule has 0 radical (unpaired) electrons. The van der Waals surface area contributed by atoms with Gasteiger partial charge in [0.25, 0.3) is 5.91 Å². The highest BCUT2D eigenvalue weighted by molar-refractivity contribution is 5.95. The van der Waals surface area contributed by atoms with Crippen LogP contribution < -0.4 is 26.0 Å². The van der Waals surface area contributed by atoms with E-state index >= 15 is 0 Å². The van der Waals surface area contributed by atoms with Crippen LogP contribution in [0.3, 0.4) is 0 Å². The van der Waals surface area contributed by atoms with Crippen molar-refractivity contribution in [3.05, 3.63) is 59.7 Å². The molecule has 2 heterocycles. The van der Waals surface area contributed by atoms with Crippen molar-refractivity contribution in [2.24, 2.45) is 5.92 Å². The third-order valence-electron chi connectivity index (χ3n) is 6.94. The Morgan fingerprint density at radius 2 is 1.72 bits per heavy atom. The molecule has 0 bridgehead atoms. The van der Waals surface area contributed by atoms with E-state index in [1.807, 2.05) is 36.4 Å². The Morgan fingerprint density at radius 1 is 1.03 bits per heavy atom. The Kier molecular flexibility index (Phi) is 9.83. The van der Waals surface area contributed by atoms with Gasteiger partial charge in [0.15, 0.2) is 0 Å². The summed E-state index contributed by atoms with van der Waals surface area (Å²) in [7, 11) is 0. The fourth-order valence-corrected chi connectivity index (χ4v) is 4.88. The summed E-state index contributed by atoms with van der Waals surface area (Å²) in [5, 5.41) is 13.1. The lowest BCUT2D eigenvalue weighted by atomic mass is 9.96. The Morgan fingerprint density at radius 3 is 2.33 bits per heavy atom. The zero-order chi connectivity index (χ0) is 27.8. The first kappa shape index (κ1) is 28.9. The number of ether oxygens (including phenoxy) is 2. The third kappa shape index (κ3) is 9.23. The third-order valence-corrected chi connectivity index (χ3v) is 6.94. The van der Waals surface area contributed by atoms with E-state index in [0.717, 1.165) is 42.6 Å². The van der Waals surface area contributed by atoms with Gasteiger partial charge in [-0.2, -0.15) is 0 Å². The maximum absolute atomic E-state index is 12.4. The molecule has 9 heteroatoms. The second kappa shape index (κ2) is 13.3. The van der Waals surface area contributed by atoms with Crippen LogP contribution in [0.25, 0.3) is 0 Å². The van der Waals surface area contributed by atoms with Crippen LogP contribution in [0.4, 0.5) is 5.69 Å². The van der Waals surface area contributed by atoms with E-state index in [9.17, 15) is 9.59 Å². The molecule has 4 rings (SSSR count).